The summed E-state index contributed by atoms with van der Waals surface area (Å²) in [4.78, 5) is 22.2. The molecule has 0 saturated carbocycles. The second-order valence-electron chi connectivity index (χ2n) is 5.21. The Bertz CT molecular complexity index is 1060. The second kappa shape index (κ2) is 6.35. The predicted octanol–water partition coefficient (Wildman–Crippen LogP) is 4.93. The third-order valence-corrected chi connectivity index (χ3v) is 5.30. The number of nitroso groups, excluding NO2 is 1. The smallest absolute Gasteiger partial charge is 0.323 e. The molecule has 1 heterocycles. The molecule has 12 heteroatoms. The second-order valence-corrected chi connectivity index (χ2v) is 7.79. The highest BCUT2D eigenvalue weighted by atomic mass is 35.5. The van der Waals surface area contributed by atoms with Crippen LogP contribution in [0.1, 0.15) is 5.56 Å². The van der Waals surface area contributed by atoms with Gasteiger partial charge in [-0.1, -0.05) is 23.2 Å². The number of halogens is 5. The van der Waals surface area contributed by atoms with E-state index in [-0.39, 0.29) is 21.0 Å². The number of rotatable bonds is 3. The van der Waals surface area contributed by atoms with E-state index in [4.69, 9.17) is 23.2 Å². The van der Waals surface area contributed by atoms with Crippen LogP contribution in [0.4, 0.5) is 13.2 Å². The Balaban J connectivity index is 2.18. The van der Waals surface area contributed by atoms with E-state index < -0.39 is 19.3 Å². The Hall–Kier alpha value is -1.93. The molecule has 1 N–H and O–H groups in total. The highest BCUT2D eigenvalue weighted by Crippen LogP contribution is 2.42. The van der Waals surface area contributed by atoms with Gasteiger partial charge in [0.05, 0.1) is 32.6 Å². The van der Waals surface area contributed by atoms with Gasteiger partial charge in [-0.2, -0.15) is 18.3 Å². The Morgan fingerprint density at radius 1 is 1.15 bits per heavy atom. The van der Waals surface area contributed by atoms with Crippen LogP contribution in [0.3, 0.4) is 0 Å². The minimum absolute atomic E-state index is 0.0183. The Morgan fingerprint density at radius 3 is 2.31 bits per heavy atom. The zero-order valence-corrected chi connectivity index (χ0v) is 14.8. The highest BCUT2D eigenvalue weighted by molar-refractivity contribution is 7.64. The van der Waals surface area contributed by atoms with Crippen molar-refractivity contribution < 1.29 is 22.6 Å². The maximum absolute atomic E-state index is 12.8. The minimum atomic E-state index is -4.61. The molecule has 3 aromatic rings. The largest absolute Gasteiger partial charge is 0.416 e. The first kappa shape index (κ1) is 18.8. The quantitative estimate of drug-likeness (QED) is 0.478. The average molecular weight is 424 g/mol. The van der Waals surface area contributed by atoms with Crippen molar-refractivity contribution >= 4 is 46.9 Å². The van der Waals surface area contributed by atoms with Gasteiger partial charge in [-0.25, -0.2) is 4.68 Å². The van der Waals surface area contributed by atoms with Gasteiger partial charge in [0.25, 0.3) is 0 Å². The fourth-order valence-corrected chi connectivity index (χ4v) is 3.68. The number of fused-ring (bicyclic) bond motifs is 1. The first-order valence-corrected chi connectivity index (χ1v) is 9.14. The molecular weight excluding hydrogens is 417 g/mol. The van der Waals surface area contributed by atoms with Gasteiger partial charge in [-0.15, -0.1) is 4.91 Å². The number of hydrogen-bond donors (Lipinski definition) is 1. The third-order valence-electron chi connectivity index (χ3n) is 3.55. The van der Waals surface area contributed by atoms with E-state index in [0.29, 0.717) is 10.9 Å². The molecular formula is C14H7Cl2F3N3O3P. The minimum Gasteiger partial charge on any atom is -0.323 e. The van der Waals surface area contributed by atoms with E-state index in [2.05, 4.69) is 10.0 Å². The average Bonchev–Trinajstić information content (AvgIpc) is 2.96. The lowest BCUT2D eigenvalue weighted by Crippen LogP contribution is -2.07. The van der Waals surface area contributed by atoms with Crippen molar-refractivity contribution in [3.05, 3.63) is 57.0 Å². The van der Waals surface area contributed by atoms with Crippen LogP contribution in [0.25, 0.3) is 16.6 Å². The van der Waals surface area contributed by atoms with E-state index in [1.54, 1.807) is 0 Å². The van der Waals surface area contributed by atoms with Gasteiger partial charge < -0.3 is 4.89 Å². The van der Waals surface area contributed by atoms with Crippen LogP contribution in [0.5, 0.6) is 0 Å². The lowest BCUT2D eigenvalue weighted by molar-refractivity contribution is -0.137. The van der Waals surface area contributed by atoms with Gasteiger partial charge in [-0.3, -0.25) is 4.57 Å². The summed E-state index contributed by atoms with van der Waals surface area (Å²) < 4.78 is 51.4. The van der Waals surface area contributed by atoms with Gasteiger partial charge in [0.1, 0.15) is 5.69 Å². The van der Waals surface area contributed by atoms with Gasteiger partial charge in [0.2, 0.25) is 0 Å². The molecule has 136 valence electrons. The molecule has 3 rings (SSSR count). The van der Waals surface area contributed by atoms with Crippen molar-refractivity contribution in [3.8, 4) is 5.69 Å². The van der Waals surface area contributed by atoms with Crippen LogP contribution in [0.2, 0.25) is 10.0 Å². The summed E-state index contributed by atoms with van der Waals surface area (Å²) >= 11 is 11.9. The van der Waals surface area contributed by atoms with Gasteiger partial charge in [0.15, 0.2) is 0 Å². The van der Waals surface area contributed by atoms with Crippen LogP contribution in [-0.4, -0.2) is 14.7 Å². The summed E-state index contributed by atoms with van der Waals surface area (Å²) in [6.45, 7) is 0. The van der Waals surface area contributed by atoms with Crippen molar-refractivity contribution in [3.63, 3.8) is 0 Å². The maximum atomic E-state index is 12.8. The van der Waals surface area contributed by atoms with E-state index in [9.17, 15) is 27.5 Å². The van der Waals surface area contributed by atoms with Crippen molar-refractivity contribution in [1.29, 1.82) is 0 Å². The van der Waals surface area contributed by atoms with E-state index in [0.717, 1.165) is 12.1 Å². The molecule has 1 atom stereocenters. The van der Waals surface area contributed by atoms with Crippen molar-refractivity contribution in [1.82, 2.24) is 9.78 Å². The zero-order valence-electron chi connectivity index (χ0n) is 12.4. The van der Waals surface area contributed by atoms with E-state index in [1.165, 1.54) is 29.1 Å². The molecule has 0 saturated heterocycles. The SMILES string of the molecule is O=NP(=O)(O)c1ccc2c(cnn2-c2c(Cl)cc(C(F)(F)F)cc2Cl)c1. The summed E-state index contributed by atoms with van der Waals surface area (Å²) in [6.07, 6.45) is -3.33. The lowest BCUT2D eigenvalue weighted by atomic mass is 10.2. The van der Waals surface area contributed by atoms with Gasteiger partial charge >= 0.3 is 13.7 Å². The van der Waals surface area contributed by atoms with Gasteiger partial charge in [-0.05, 0) is 30.3 Å². The van der Waals surface area contributed by atoms with E-state index in [1.807, 2.05) is 0 Å². The van der Waals surface area contributed by atoms with Crippen molar-refractivity contribution in [2.75, 3.05) is 0 Å². The molecule has 2 aromatic carbocycles. The lowest BCUT2D eigenvalue weighted by Gasteiger charge is -2.13. The molecule has 1 unspecified atom stereocenters. The monoisotopic (exact) mass is 423 g/mol. The van der Waals surface area contributed by atoms with Crippen LogP contribution in [0.15, 0.2) is 41.5 Å². The molecule has 1 aromatic heterocycles. The van der Waals surface area contributed by atoms with Crippen LogP contribution >= 0.6 is 30.7 Å². The molecule has 0 fully saturated rings. The molecule has 0 bridgehead atoms. The summed E-state index contributed by atoms with van der Waals surface area (Å²) in [7, 11) is -4.38. The van der Waals surface area contributed by atoms with Gasteiger partial charge in [0, 0.05) is 10.3 Å². The van der Waals surface area contributed by atoms with E-state index >= 15 is 0 Å². The highest BCUT2D eigenvalue weighted by Gasteiger charge is 2.32. The Labute approximate surface area is 153 Å². The summed E-state index contributed by atoms with van der Waals surface area (Å²) in [5, 5.41) is 3.60. The fourth-order valence-electron chi connectivity index (χ4n) is 2.36. The molecule has 0 radical (unpaired) electrons. The predicted molar refractivity (Wildman–Crippen MR) is 91.3 cm³/mol. The fraction of sp³-hybridized carbons (Fsp3) is 0.0714. The van der Waals surface area contributed by atoms with Crippen LogP contribution in [0, 0.1) is 4.91 Å². The Morgan fingerprint density at radius 2 is 1.77 bits per heavy atom. The number of alkyl halides is 3. The maximum Gasteiger partial charge on any atom is 0.416 e. The molecule has 0 aliphatic rings. The van der Waals surface area contributed by atoms with Crippen molar-refractivity contribution in [2.45, 2.75) is 6.18 Å². The molecule has 0 aliphatic heterocycles. The summed E-state index contributed by atoms with van der Waals surface area (Å²) in [5.41, 5.74) is -0.638. The first-order chi connectivity index (χ1) is 12.0. The molecule has 6 nitrogen and oxygen atoms in total. The number of aromatic nitrogens is 2. The van der Waals surface area contributed by atoms with Crippen molar-refractivity contribution in [2.24, 2.45) is 4.95 Å². The molecule has 0 spiro atoms. The first-order valence-electron chi connectivity index (χ1n) is 6.77. The van der Waals surface area contributed by atoms with Crippen LogP contribution < -0.4 is 5.30 Å². The molecule has 26 heavy (non-hydrogen) atoms. The summed E-state index contributed by atoms with van der Waals surface area (Å²) in [5.74, 6) is 0. The third kappa shape index (κ3) is 3.23. The molecule has 0 amide bonds. The Kier molecular flexibility index (Phi) is 4.60. The number of nitrogens with zero attached hydrogens (tertiary/aromatic N) is 3. The normalized spacial score (nSPS) is 14.4. The number of hydrogen-bond acceptors (Lipinski definition) is 3. The molecule has 0 aliphatic carbocycles. The summed E-state index contributed by atoms with van der Waals surface area (Å²) in [6, 6.07) is 5.23. The topological polar surface area (TPSA) is 84.6 Å². The number of benzene rings is 2. The zero-order chi connectivity index (χ0) is 19.3. The standard InChI is InChI=1S/C14H7Cl2F3N3O3P/c15-10-4-8(14(17,18)19)5-11(16)13(10)22-12-2-1-9(26(24,25)21-23)3-7(12)6-20-22/h1-6H,(H,24,25). The van der Waals surface area contributed by atoms with Crippen LogP contribution in [-0.2, 0) is 10.7 Å².